The molecular weight excluding hydrogens is 224 g/mol. The molecule has 1 amide bonds. The Balaban J connectivity index is 2.37. The molecule has 0 spiro atoms. The maximum absolute atomic E-state index is 11.6. The van der Waals surface area contributed by atoms with E-state index in [0.717, 1.165) is 5.56 Å². The van der Waals surface area contributed by atoms with Crippen molar-refractivity contribution in [3.63, 3.8) is 0 Å². The number of aliphatic hydroxyl groups is 1. The van der Waals surface area contributed by atoms with Crippen LogP contribution in [0.15, 0.2) is 16.8 Å². The van der Waals surface area contributed by atoms with Crippen LogP contribution in [0.1, 0.15) is 18.6 Å². The Bertz CT molecular complexity index is 325. The zero-order valence-corrected chi connectivity index (χ0v) is 10.6. The number of rotatable bonds is 5. The first-order chi connectivity index (χ1) is 7.52. The van der Waals surface area contributed by atoms with Crippen LogP contribution in [0.4, 0.5) is 0 Å². The zero-order chi connectivity index (χ0) is 12.1. The van der Waals surface area contributed by atoms with E-state index in [4.69, 9.17) is 0 Å². The van der Waals surface area contributed by atoms with Gasteiger partial charge in [-0.2, -0.15) is 11.3 Å². The van der Waals surface area contributed by atoms with Gasteiger partial charge in [-0.1, -0.05) is 0 Å². The first-order valence-corrected chi connectivity index (χ1v) is 6.11. The summed E-state index contributed by atoms with van der Waals surface area (Å²) in [4.78, 5) is 13.4. The molecule has 1 rings (SSSR count). The minimum atomic E-state index is -0.621. The standard InChI is InChI=1S/C11H18N2O2S/c1-8(13(2)3)11(15)12-6-10(14)9-4-5-16-7-9/h4-5,7-8,10,14H,6H2,1-3H3,(H,12,15)/t8-,10?/m0/s1. The van der Waals surface area contributed by atoms with Crippen molar-refractivity contribution < 1.29 is 9.90 Å². The molecule has 0 aliphatic rings. The fourth-order valence-corrected chi connectivity index (χ4v) is 1.87. The summed E-state index contributed by atoms with van der Waals surface area (Å²) in [6.45, 7) is 2.08. The van der Waals surface area contributed by atoms with Crippen molar-refractivity contribution in [1.29, 1.82) is 0 Å². The topological polar surface area (TPSA) is 52.6 Å². The van der Waals surface area contributed by atoms with Crippen LogP contribution >= 0.6 is 11.3 Å². The summed E-state index contributed by atoms with van der Waals surface area (Å²) in [6, 6.07) is 1.67. The first-order valence-electron chi connectivity index (χ1n) is 5.16. The van der Waals surface area contributed by atoms with E-state index in [1.54, 1.807) is 0 Å². The lowest BCUT2D eigenvalue weighted by molar-refractivity contribution is -0.125. The Morgan fingerprint density at radius 2 is 2.31 bits per heavy atom. The number of nitrogens with one attached hydrogen (secondary N) is 1. The molecule has 1 unspecified atom stereocenters. The molecule has 0 aliphatic heterocycles. The number of amides is 1. The van der Waals surface area contributed by atoms with E-state index in [1.807, 2.05) is 42.7 Å². The van der Waals surface area contributed by atoms with E-state index in [0.29, 0.717) is 0 Å². The highest BCUT2D eigenvalue weighted by Crippen LogP contribution is 2.15. The predicted molar refractivity (Wildman–Crippen MR) is 65.4 cm³/mol. The number of carbonyl (C=O) groups excluding carboxylic acids is 1. The molecule has 5 heteroatoms. The highest BCUT2D eigenvalue weighted by molar-refractivity contribution is 7.07. The maximum atomic E-state index is 11.6. The zero-order valence-electron chi connectivity index (χ0n) is 9.80. The number of thiophene rings is 1. The van der Waals surface area contributed by atoms with Gasteiger partial charge in [-0.25, -0.2) is 0 Å². The summed E-state index contributed by atoms with van der Waals surface area (Å²) in [5.74, 6) is -0.0701. The molecule has 0 saturated carbocycles. The third-order valence-corrected chi connectivity index (χ3v) is 3.25. The third-order valence-electron chi connectivity index (χ3n) is 2.55. The van der Waals surface area contributed by atoms with E-state index in [1.165, 1.54) is 11.3 Å². The van der Waals surface area contributed by atoms with Crippen LogP contribution < -0.4 is 5.32 Å². The lowest BCUT2D eigenvalue weighted by Crippen LogP contribution is -2.42. The molecule has 0 radical (unpaired) electrons. The molecule has 0 aromatic carbocycles. The SMILES string of the molecule is C[C@@H](C(=O)NCC(O)c1ccsc1)N(C)C. The van der Waals surface area contributed by atoms with Gasteiger partial charge in [-0.3, -0.25) is 9.69 Å². The second-order valence-electron chi connectivity index (χ2n) is 3.96. The van der Waals surface area contributed by atoms with Crippen LogP contribution in [0.2, 0.25) is 0 Å². The summed E-state index contributed by atoms with van der Waals surface area (Å²) in [7, 11) is 3.69. The molecule has 2 atom stereocenters. The molecule has 0 saturated heterocycles. The van der Waals surface area contributed by atoms with Crippen molar-refractivity contribution in [2.45, 2.75) is 19.1 Å². The monoisotopic (exact) mass is 242 g/mol. The fraction of sp³-hybridized carbons (Fsp3) is 0.545. The smallest absolute Gasteiger partial charge is 0.237 e. The van der Waals surface area contributed by atoms with Gasteiger partial charge in [0.25, 0.3) is 0 Å². The largest absolute Gasteiger partial charge is 0.387 e. The van der Waals surface area contributed by atoms with E-state index >= 15 is 0 Å². The Morgan fingerprint density at radius 3 is 2.81 bits per heavy atom. The highest BCUT2D eigenvalue weighted by atomic mass is 32.1. The van der Waals surface area contributed by atoms with E-state index in [-0.39, 0.29) is 18.5 Å². The molecule has 16 heavy (non-hydrogen) atoms. The quantitative estimate of drug-likeness (QED) is 0.805. The minimum absolute atomic E-state index is 0.0701. The van der Waals surface area contributed by atoms with Crippen LogP contribution in [-0.4, -0.2) is 42.6 Å². The Morgan fingerprint density at radius 1 is 1.62 bits per heavy atom. The molecule has 90 valence electrons. The van der Waals surface area contributed by atoms with Crippen molar-refractivity contribution in [3.05, 3.63) is 22.4 Å². The minimum Gasteiger partial charge on any atom is -0.387 e. The number of nitrogens with zero attached hydrogens (tertiary/aromatic N) is 1. The van der Waals surface area contributed by atoms with Gasteiger partial charge < -0.3 is 10.4 Å². The summed E-state index contributed by atoms with van der Waals surface area (Å²) in [5, 5.41) is 16.3. The second kappa shape index (κ2) is 5.98. The van der Waals surface area contributed by atoms with Crippen molar-refractivity contribution in [2.75, 3.05) is 20.6 Å². The van der Waals surface area contributed by atoms with Crippen LogP contribution in [0, 0.1) is 0 Å². The van der Waals surface area contributed by atoms with Gasteiger partial charge in [0.2, 0.25) is 5.91 Å². The highest BCUT2D eigenvalue weighted by Gasteiger charge is 2.16. The van der Waals surface area contributed by atoms with Crippen molar-refractivity contribution >= 4 is 17.2 Å². The number of hydrogen-bond acceptors (Lipinski definition) is 4. The Labute approximate surface area is 99.9 Å². The molecule has 1 heterocycles. The molecule has 4 nitrogen and oxygen atoms in total. The van der Waals surface area contributed by atoms with Gasteiger partial charge in [0.15, 0.2) is 0 Å². The summed E-state index contributed by atoms with van der Waals surface area (Å²) in [6.07, 6.45) is -0.621. The van der Waals surface area contributed by atoms with Gasteiger partial charge in [-0.15, -0.1) is 0 Å². The fourth-order valence-electron chi connectivity index (χ4n) is 1.16. The summed E-state index contributed by atoms with van der Waals surface area (Å²) >= 11 is 1.53. The normalized spacial score (nSPS) is 14.8. The molecule has 0 aliphatic carbocycles. The lowest BCUT2D eigenvalue weighted by Gasteiger charge is -2.20. The van der Waals surface area contributed by atoms with Gasteiger partial charge in [-0.05, 0) is 43.4 Å². The first kappa shape index (κ1) is 13.2. The lowest BCUT2D eigenvalue weighted by atomic mass is 10.2. The number of carbonyl (C=O) groups is 1. The predicted octanol–water partition coefficient (Wildman–Crippen LogP) is 0.848. The van der Waals surface area contributed by atoms with Crippen LogP contribution in [0.25, 0.3) is 0 Å². The van der Waals surface area contributed by atoms with Crippen LogP contribution in [-0.2, 0) is 4.79 Å². The third kappa shape index (κ3) is 3.59. The van der Waals surface area contributed by atoms with E-state index in [9.17, 15) is 9.90 Å². The van der Waals surface area contributed by atoms with E-state index in [2.05, 4.69) is 5.32 Å². The van der Waals surface area contributed by atoms with Gasteiger partial charge in [0, 0.05) is 6.54 Å². The van der Waals surface area contributed by atoms with Gasteiger partial charge >= 0.3 is 0 Å². The average Bonchev–Trinajstić information content (AvgIpc) is 2.77. The molecule has 1 aromatic rings. The second-order valence-corrected chi connectivity index (χ2v) is 4.74. The van der Waals surface area contributed by atoms with Crippen molar-refractivity contribution in [2.24, 2.45) is 0 Å². The number of aliphatic hydroxyl groups excluding tert-OH is 1. The van der Waals surface area contributed by atoms with Gasteiger partial charge in [0.05, 0.1) is 12.1 Å². The maximum Gasteiger partial charge on any atom is 0.237 e. The number of hydrogen-bond donors (Lipinski definition) is 2. The van der Waals surface area contributed by atoms with Gasteiger partial charge in [0.1, 0.15) is 0 Å². The Kier molecular flexibility index (Phi) is 4.92. The van der Waals surface area contributed by atoms with Crippen LogP contribution in [0.5, 0.6) is 0 Å². The Hall–Kier alpha value is -0.910. The van der Waals surface area contributed by atoms with Crippen molar-refractivity contribution in [3.8, 4) is 0 Å². The summed E-state index contributed by atoms with van der Waals surface area (Å²) in [5.41, 5.74) is 0.850. The molecule has 1 aromatic heterocycles. The molecule has 0 fully saturated rings. The molecule has 0 bridgehead atoms. The van der Waals surface area contributed by atoms with Crippen LogP contribution in [0.3, 0.4) is 0 Å². The van der Waals surface area contributed by atoms with E-state index < -0.39 is 6.10 Å². The number of likely N-dealkylation sites (N-methyl/N-ethyl adjacent to an activating group) is 1. The summed E-state index contributed by atoms with van der Waals surface area (Å²) < 4.78 is 0. The molecule has 2 N–H and O–H groups in total. The molecular formula is C11H18N2O2S. The average molecular weight is 242 g/mol. The van der Waals surface area contributed by atoms with Crippen molar-refractivity contribution in [1.82, 2.24) is 10.2 Å².